The summed E-state index contributed by atoms with van der Waals surface area (Å²) in [6.45, 7) is 7.55. The number of alkyl halides is 1. The van der Waals surface area contributed by atoms with E-state index in [9.17, 15) is 0 Å². The van der Waals surface area contributed by atoms with Crippen LogP contribution in [0.25, 0.3) is 10.9 Å². The van der Waals surface area contributed by atoms with Crippen LogP contribution in [0.5, 0.6) is 0 Å². The average molecular weight is 550 g/mol. The van der Waals surface area contributed by atoms with Crippen LogP contribution in [0.15, 0.2) is 34.9 Å². The van der Waals surface area contributed by atoms with Gasteiger partial charge >= 0.3 is 0 Å². The van der Waals surface area contributed by atoms with E-state index < -0.39 is 22.8 Å². The smallest absolute Gasteiger partial charge is 0.150 e. The van der Waals surface area contributed by atoms with Crippen molar-refractivity contribution in [3.8, 4) is 0 Å². The van der Waals surface area contributed by atoms with Gasteiger partial charge in [-0.2, -0.15) is 5.10 Å². The molecular weight excluding hydrogens is 519 g/mol. The molecule has 0 spiro atoms. The minimum atomic E-state index is -1.55. The molecule has 2 aromatic carbocycles. The Labute approximate surface area is 212 Å². The first-order valence-electron chi connectivity index (χ1n) is 12.2. The molecule has 0 N–H and O–H groups in total. The summed E-state index contributed by atoms with van der Waals surface area (Å²) in [4.78, 5) is 1.91. The van der Waals surface area contributed by atoms with Crippen LogP contribution in [0.4, 0.5) is 13.2 Å². The molecule has 0 aliphatic carbocycles. The summed E-state index contributed by atoms with van der Waals surface area (Å²) in [6.07, 6.45) is 5.37. The predicted octanol–water partition coefficient (Wildman–Crippen LogP) is 7.03. The average Bonchev–Trinajstić information content (AvgIpc) is 3.21. The van der Waals surface area contributed by atoms with E-state index >= 15 is 13.2 Å². The van der Waals surface area contributed by atoms with Crippen LogP contribution in [0.3, 0.4) is 0 Å². The molecule has 188 valence electrons. The number of halogens is 4. The fraction of sp³-hybridized carbons (Fsp3) is 0.519. The van der Waals surface area contributed by atoms with Crippen LogP contribution < -0.4 is 0 Å². The van der Waals surface area contributed by atoms with Crippen molar-refractivity contribution in [3.05, 3.63) is 63.3 Å². The molecule has 3 aromatic rings. The van der Waals surface area contributed by atoms with E-state index in [0.717, 1.165) is 41.3 Å². The first-order valence-corrected chi connectivity index (χ1v) is 13.0. The zero-order chi connectivity index (χ0) is 25.1. The molecule has 8 heteroatoms. The maximum atomic E-state index is 15.5. The molecule has 3 heterocycles. The van der Waals surface area contributed by atoms with Crippen LogP contribution in [-0.4, -0.2) is 39.5 Å². The minimum absolute atomic E-state index is 0.0340. The van der Waals surface area contributed by atoms with Gasteiger partial charge in [-0.05, 0) is 82.7 Å². The van der Waals surface area contributed by atoms with E-state index in [1.54, 1.807) is 0 Å². The number of hydrogen-bond acceptors (Lipinski definition) is 3. The first kappa shape index (κ1) is 24.8. The lowest BCUT2D eigenvalue weighted by molar-refractivity contribution is -0.0366. The predicted molar refractivity (Wildman–Crippen MR) is 134 cm³/mol. The van der Waals surface area contributed by atoms with Gasteiger partial charge in [0.25, 0.3) is 0 Å². The topological polar surface area (TPSA) is 30.3 Å². The Morgan fingerprint density at radius 2 is 1.91 bits per heavy atom. The Morgan fingerprint density at radius 1 is 1.20 bits per heavy atom. The highest BCUT2D eigenvalue weighted by Crippen LogP contribution is 2.48. The van der Waals surface area contributed by atoms with Crippen molar-refractivity contribution >= 4 is 26.8 Å². The van der Waals surface area contributed by atoms with Crippen LogP contribution in [0.1, 0.15) is 69.9 Å². The maximum Gasteiger partial charge on any atom is 0.150 e. The van der Waals surface area contributed by atoms with E-state index in [4.69, 9.17) is 4.74 Å². The normalized spacial score (nSPS) is 25.7. The van der Waals surface area contributed by atoms with E-state index in [1.807, 2.05) is 41.8 Å². The molecule has 1 unspecified atom stereocenters. The van der Waals surface area contributed by atoms with Crippen molar-refractivity contribution in [2.45, 2.75) is 76.9 Å². The van der Waals surface area contributed by atoms with Gasteiger partial charge in [-0.15, -0.1) is 0 Å². The molecule has 0 radical (unpaired) electrons. The molecule has 4 nitrogen and oxygen atoms in total. The lowest BCUT2D eigenvalue weighted by Crippen LogP contribution is -2.57. The summed E-state index contributed by atoms with van der Waals surface area (Å²) in [5.41, 5.74) is -0.127. The molecule has 5 rings (SSSR count). The van der Waals surface area contributed by atoms with Crippen LogP contribution >= 0.6 is 15.9 Å². The lowest BCUT2D eigenvalue weighted by atomic mass is 9.73. The fourth-order valence-electron chi connectivity index (χ4n) is 6.01. The quantitative estimate of drug-likeness (QED) is 0.349. The summed E-state index contributed by atoms with van der Waals surface area (Å²) in [7, 11) is 0. The number of hydrogen-bond donors (Lipinski definition) is 0. The molecule has 1 saturated heterocycles. The van der Waals surface area contributed by atoms with Crippen molar-refractivity contribution < 1.29 is 17.9 Å². The molecule has 0 saturated carbocycles. The van der Waals surface area contributed by atoms with Gasteiger partial charge in [-0.1, -0.05) is 22.0 Å². The third-order valence-electron chi connectivity index (χ3n) is 7.49. The van der Waals surface area contributed by atoms with Gasteiger partial charge in [0.2, 0.25) is 0 Å². The molecule has 35 heavy (non-hydrogen) atoms. The summed E-state index contributed by atoms with van der Waals surface area (Å²) >= 11 is 3.19. The van der Waals surface area contributed by atoms with E-state index in [-0.39, 0.29) is 24.4 Å². The molecule has 2 aliphatic heterocycles. The summed E-state index contributed by atoms with van der Waals surface area (Å²) in [6, 6.07) is 6.28. The fourth-order valence-corrected chi connectivity index (χ4v) is 6.41. The summed E-state index contributed by atoms with van der Waals surface area (Å²) in [5, 5.41) is 5.61. The standard InChI is InChI=1S/C27H31BrF3N3O/c1-16-11-18-19-14-32-34(24-7-5-6-10-35-24)23(19)9-8-20(18)27(4,33(16)15-26(2,3)31)25-21(29)12-17(28)13-22(25)30/h8-9,12-14,16,24H,5-7,10-11,15H2,1-4H3/t16-,24?,27+/m1/s1. The number of nitrogens with zero attached hydrogens (tertiary/aromatic N) is 3. The second-order valence-electron chi connectivity index (χ2n) is 10.7. The third kappa shape index (κ3) is 4.21. The first-order chi connectivity index (χ1) is 16.5. The summed E-state index contributed by atoms with van der Waals surface area (Å²) in [5.74, 6) is -1.32. The van der Waals surface area contributed by atoms with Crippen molar-refractivity contribution in [1.29, 1.82) is 0 Å². The van der Waals surface area contributed by atoms with Gasteiger partial charge in [0.05, 0.1) is 17.3 Å². The number of rotatable bonds is 4. The number of ether oxygens (including phenoxy) is 1. The molecule has 0 amide bonds. The largest absolute Gasteiger partial charge is 0.356 e. The second-order valence-corrected chi connectivity index (χ2v) is 11.6. The number of aromatic nitrogens is 2. The zero-order valence-corrected chi connectivity index (χ0v) is 22.1. The highest BCUT2D eigenvalue weighted by molar-refractivity contribution is 9.10. The number of benzene rings is 2. The monoisotopic (exact) mass is 549 g/mol. The van der Waals surface area contributed by atoms with Crippen LogP contribution in [-0.2, 0) is 16.7 Å². The lowest BCUT2D eigenvalue weighted by Gasteiger charge is -2.51. The van der Waals surface area contributed by atoms with Gasteiger partial charge in [0.15, 0.2) is 6.23 Å². The Bertz CT molecular complexity index is 1240. The highest BCUT2D eigenvalue weighted by atomic mass is 79.9. The molecule has 1 fully saturated rings. The Balaban J connectivity index is 1.74. The van der Waals surface area contributed by atoms with E-state index in [0.29, 0.717) is 17.5 Å². The highest BCUT2D eigenvalue weighted by Gasteiger charge is 2.48. The van der Waals surface area contributed by atoms with Crippen molar-refractivity contribution in [2.75, 3.05) is 13.2 Å². The molecule has 3 atom stereocenters. The zero-order valence-electron chi connectivity index (χ0n) is 20.5. The van der Waals surface area contributed by atoms with Crippen LogP contribution in [0.2, 0.25) is 0 Å². The maximum absolute atomic E-state index is 15.5. The Hall–Kier alpha value is -1.90. The Kier molecular flexibility index (Phi) is 6.29. The SMILES string of the molecule is C[C@@H]1Cc2c(ccc3c2cnn3C2CCCCO2)[C@@](C)(c2c(F)cc(Br)cc2F)N1CC(C)(C)F. The molecule has 1 aromatic heterocycles. The van der Waals surface area contributed by atoms with E-state index in [1.165, 1.54) is 26.0 Å². The van der Waals surface area contributed by atoms with Crippen LogP contribution in [0, 0.1) is 11.6 Å². The van der Waals surface area contributed by atoms with Crippen molar-refractivity contribution in [1.82, 2.24) is 14.7 Å². The van der Waals surface area contributed by atoms with Gasteiger partial charge in [0.1, 0.15) is 17.3 Å². The second kappa shape index (κ2) is 8.89. The Morgan fingerprint density at radius 3 is 2.54 bits per heavy atom. The molecule has 2 aliphatic rings. The van der Waals surface area contributed by atoms with Gasteiger partial charge < -0.3 is 4.74 Å². The minimum Gasteiger partial charge on any atom is -0.356 e. The van der Waals surface area contributed by atoms with E-state index in [2.05, 4.69) is 21.0 Å². The van der Waals surface area contributed by atoms with Crippen molar-refractivity contribution in [3.63, 3.8) is 0 Å². The molecular formula is C27H31BrF3N3O. The van der Waals surface area contributed by atoms with Gasteiger partial charge in [-0.3, -0.25) is 4.90 Å². The third-order valence-corrected chi connectivity index (χ3v) is 7.95. The number of fused-ring (bicyclic) bond motifs is 3. The summed E-state index contributed by atoms with van der Waals surface area (Å²) < 4.78 is 54.3. The molecule has 0 bridgehead atoms. The van der Waals surface area contributed by atoms with Gasteiger partial charge in [-0.25, -0.2) is 17.9 Å². The van der Waals surface area contributed by atoms with Crippen molar-refractivity contribution in [2.24, 2.45) is 0 Å². The van der Waals surface area contributed by atoms with Gasteiger partial charge in [0, 0.05) is 34.6 Å².